The van der Waals surface area contributed by atoms with E-state index in [9.17, 15) is 14.4 Å². The van der Waals surface area contributed by atoms with Gasteiger partial charge in [0.1, 0.15) is 17.7 Å². The van der Waals surface area contributed by atoms with Crippen LogP contribution in [0.25, 0.3) is 11.3 Å². The van der Waals surface area contributed by atoms with E-state index in [1.807, 2.05) is 58.0 Å². The van der Waals surface area contributed by atoms with E-state index in [1.165, 1.54) is 12.1 Å². The van der Waals surface area contributed by atoms with E-state index in [1.54, 1.807) is 29.3 Å². The Balaban J connectivity index is 0.000000420. The summed E-state index contributed by atoms with van der Waals surface area (Å²) in [5.74, 6) is 0.558. The number of cyclic esters (lactones) is 1. The third-order valence-electron chi connectivity index (χ3n) is 5.90. The van der Waals surface area contributed by atoms with Crippen LogP contribution in [0.2, 0.25) is 0 Å². The molecule has 35 heavy (non-hydrogen) atoms. The number of hydrogen-bond donors (Lipinski definition) is 0. The molecule has 0 spiro atoms. The van der Waals surface area contributed by atoms with Gasteiger partial charge in [0.05, 0.1) is 23.2 Å². The van der Waals surface area contributed by atoms with E-state index in [0.29, 0.717) is 13.0 Å². The van der Waals surface area contributed by atoms with Crippen molar-refractivity contribution in [2.24, 2.45) is 5.41 Å². The Labute approximate surface area is 206 Å². The van der Waals surface area contributed by atoms with Crippen LogP contribution >= 0.6 is 0 Å². The van der Waals surface area contributed by atoms with Crippen molar-refractivity contribution < 1.29 is 13.9 Å². The maximum Gasteiger partial charge on any atom is 0.410 e. The number of amides is 1. The van der Waals surface area contributed by atoms with E-state index >= 15 is 0 Å². The van der Waals surface area contributed by atoms with Gasteiger partial charge in [-0.05, 0) is 51.5 Å². The molecular weight excluding hydrogens is 443 g/mol. The Kier molecular flexibility index (Phi) is 8.53. The fraction of sp³-hybridized carbons (Fsp3) is 0.357. The molecule has 0 aliphatic carbocycles. The van der Waals surface area contributed by atoms with E-state index in [2.05, 4.69) is 16.0 Å². The zero-order valence-electron chi connectivity index (χ0n) is 20.6. The number of benzene rings is 2. The Morgan fingerprint density at radius 2 is 1.86 bits per heavy atom. The Bertz CT molecular complexity index is 1160. The van der Waals surface area contributed by atoms with Gasteiger partial charge >= 0.3 is 6.09 Å². The summed E-state index contributed by atoms with van der Waals surface area (Å²) in [6.07, 6.45) is 2.54. The predicted molar refractivity (Wildman–Crippen MR) is 133 cm³/mol. The summed E-state index contributed by atoms with van der Waals surface area (Å²) in [7, 11) is 0. The van der Waals surface area contributed by atoms with Crippen LogP contribution in [0.5, 0.6) is 0 Å². The maximum atomic E-state index is 12.5. The molecule has 0 unspecified atom stereocenters. The van der Waals surface area contributed by atoms with Crippen LogP contribution in [-0.2, 0) is 4.74 Å². The number of carbonyl (C=O) groups excluding carboxylic acids is 1. The molecule has 7 heteroatoms. The molecule has 1 aliphatic heterocycles. The highest BCUT2D eigenvalue weighted by molar-refractivity contribution is 5.69. The van der Waals surface area contributed by atoms with Crippen molar-refractivity contribution in [2.75, 3.05) is 6.54 Å². The third kappa shape index (κ3) is 7.35. The van der Waals surface area contributed by atoms with Crippen LogP contribution in [0.15, 0.2) is 66.9 Å². The van der Waals surface area contributed by atoms with Gasteiger partial charge in [-0.15, -0.1) is 0 Å². The van der Waals surface area contributed by atoms with E-state index in [-0.39, 0.29) is 24.1 Å². The van der Waals surface area contributed by atoms with Crippen molar-refractivity contribution in [1.82, 2.24) is 14.9 Å². The van der Waals surface area contributed by atoms with Gasteiger partial charge in [-0.25, -0.2) is 19.2 Å². The number of carbonyl (C=O) groups is 1. The number of aryl methyl sites for hydroxylation is 1. The second-order valence-electron chi connectivity index (χ2n) is 9.27. The molecule has 2 atom stereocenters. The summed E-state index contributed by atoms with van der Waals surface area (Å²) >= 11 is 0. The number of hydrogen-bond acceptors (Lipinski definition) is 5. The van der Waals surface area contributed by atoms with Crippen molar-refractivity contribution in [3.05, 3.63) is 84.1 Å². The van der Waals surface area contributed by atoms with Crippen molar-refractivity contribution >= 4 is 6.09 Å². The first-order chi connectivity index (χ1) is 16.7. The zero-order chi connectivity index (χ0) is 25.4. The first-order valence-corrected chi connectivity index (χ1v) is 11.7. The molecule has 0 saturated carbocycles. The number of rotatable bonds is 5. The van der Waals surface area contributed by atoms with Gasteiger partial charge in [0.15, 0.2) is 0 Å². The quantitative estimate of drug-likeness (QED) is 0.422. The molecule has 2 aromatic carbocycles. The first kappa shape index (κ1) is 25.8. The molecule has 1 aromatic heterocycles. The second-order valence-corrected chi connectivity index (χ2v) is 9.27. The average Bonchev–Trinajstić information content (AvgIpc) is 2.84. The normalized spacial score (nSPS) is 16.4. The van der Waals surface area contributed by atoms with Crippen molar-refractivity contribution in [1.29, 1.82) is 5.26 Å². The van der Waals surface area contributed by atoms with Crippen LogP contribution in [0.4, 0.5) is 9.18 Å². The van der Waals surface area contributed by atoms with Crippen LogP contribution < -0.4 is 0 Å². The lowest BCUT2D eigenvalue weighted by atomic mass is 9.87. The van der Waals surface area contributed by atoms with Gasteiger partial charge in [-0.2, -0.15) is 5.26 Å². The third-order valence-corrected chi connectivity index (χ3v) is 5.90. The fourth-order valence-electron chi connectivity index (χ4n) is 3.90. The molecule has 1 amide bonds. The van der Waals surface area contributed by atoms with Crippen LogP contribution in [0.1, 0.15) is 51.0 Å². The molecule has 3 aromatic rings. The Morgan fingerprint density at radius 1 is 1.17 bits per heavy atom. The highest BCUT2D eigenvalue weighted by Crippen LogP contribution is 2.31. The van der Waals surface area contributed by atoms with E-state index in [0.717, 1.165) is 29.1 Å². The van der Waals surface area contributed by atoms with Gasteiger partial charge in [-0.3, -0.25) is 0 Å². The van der Waals surface area contributed by atoms with Gasteiger partial charge in [0, 0.05) is 31.1 Å². The number of aromatic nitrogens is 2. The molecule has 0 N–H and O–H groups in total. The number of halogens is 1. The molecular formula is C28H31FN4O2. The molecule has 6 nitrogen and oxygen atoms in total. The van der Waals surface area contributed by atoms with E-state index < -0.39 is 5.41 Å². The van der Waals surface area contributed by atoms with Crippen LogP contribution in [0, 0.1) is 29.5 Å². The summed E-state index contributed by atoms with van der Waals surface area (Å²) in [6, 6.07) is 20.1. The zero-order valence-corrected chi connectivity index (χ0v) is 20.6. The predicted octanol–water partition coefficient (Wildman–Crippen LogP) is 6.49. The Hall–Kier alpha value is -3.79. The average molecular weight is 475 g/mol. The molecule has 4 rings (SSSR count). The summed E-state index contributed by atoms with van der Waals surface area (Å²) in [6.45, 7) is 8.24. The van der Waals surface area contributed by atoms with Crippen LogP contribution in [0.3, 0.4) is 0 Å². The molecule has 1 fully saturated rings. The smallest absolute Gasteiger partial charge is 0.410 e. The molecule has 2 heterocycles. The molecule has 182 valence electrons. The fourth-order valence-corrected chi connectivity index (χ4v) is 3.90. The lowest BCUT2D eigenvalue weighted by molar-refractivity contribution is 0.000797. The molecule has 0 radical (unpaired) electrons. The number of ether oxygens (including phenoxy) is 1. The SMILES string of the molecule is Cc1nccc(-c2ccc([C@H](C)N3CC[C@@H](CC(C)(C)C#N)OC3=O)cc2)n1.Fc1ccccc1. The summed E-state index contributed by atoms with van der Waals surface area (Å²) in [4.78, 5) is 22.8. The maximum absolute atomic E-state index is 12.5. The summed E-state index contributed by atoms with van der Waals surface area (Å²) in [5.41, 5.74) is 2.45. The topological polar surface area (TPSA) is 79.1 Å². The second kappa shape index (κ2) is 11.6. The molecule has 1 aliphatic rings. The van der Waals surface area contributed by atoms with Crippen molar-refractivity contribution in [3.63, 3.8) is 0 Å². The summed E-state index contributed by atoms with van der Waals surface area (Å²) in [5, 5.41) is 9.19. The van der Waals surface area contributed by atoms with E-state index in [4.69, 9.17) is 4.74 Å². The van der Waals surface area contributed by atoms with Gasteiger partial charge in [-0.1, -0.05) is 42.5 Å². The minimum Gasteiger partial charge on any atom is -0.446 e. The minimum absolute atomic E-state index is 0.0846. The monoisotopic (exact) mass is 474 g/mol. The molecule has 1 saturated heterocycles. The van der Waals surface area contributed by atoms with Gasteiger partial charge in [0.25, 0.3) is 0 Å². The molecule has 0 bridgehead atoms. The largest absolute Gasteiger partial charge is 0.446 e. The highest BCUT2D eigenvalue weighted by Gasteiger charge is 2.34. The lowest BCUT2D eigenvalue weighted by Crippen LogP contribution is -2.44. The van der Waals surface area contributed by atoms with Crippen molar-refractivity contribution in [2.45, 2.75) is 52.7 Å². The number of nitriles is 1. The summed E-state index contributed by atoms with van der Waals surface area (Å²) < 4.78 is 17.5. The van der Waals surface area contributed by atoms with Gasteiger partial charge in [0.2, 0.25) is 0 Å². The van der Waals surface area contributed by atoms with Gasteiger partial charge < -0.3 is 9.64 Å². The van der Waals surface area contributed by atoms with Crippen LogP contribution in [-0.4, -0.2) is 33.6 Å². The minimum atomic E-state index is -0.492. The van der Waals surface area contributed by atoms with Crippen molar-refractivity contribution in [3.8, 4) is 17.3 Å². The lowest BCUT2D eigenvalue weighted by Gasteiger charge is -2.37. The highest BCUT2D eigenvalue weighted by atomic mass is 19.1. The number of nitrogens with zero attached hydrogens (tertiary/aromatic N) is 4. The standard InChI is InChI=1S/C22H26N4O2.C6H5F/c1-15(26-12-10-19(28-21(26)27)13-22(3,4)14-23)17-5-7-18(8-6-17)20-9-11-24-16(2)25-20;7-6-4-2-1-3-5-6/h5-9,11,15,19H,10,12-13H2,1-4H3;1-5H/t15-,19-;/m0./s1. The first-order valence-electron chi connectivity index (χ1n) is 11.7. The Morgan fingerprint density at radius 3 is 2.40 bits per heavy atom.